The highest BCUT2D eigenvalue weighted by Crippen LogP contribution is 2.40. The number of carbonyl (C=O) groups excluding carboxylic acids is 2. The highest BCUT2D eigenvalue weighted by molar-refractivity contribution is 8.00. The fraction of sp³-hybridized carbons (Fsp3) is 0.238. The van der Waals surface area contributed by atoms with Crippen LogP contribution < -0.4 is 16.8 Å². The number of aromatic nitrogens is 3. The first-order chi connectivity index (χ1) is 17.6. The molecule has 11 nitrogen and oxygen atoms in total. The molecule has 16 heteroatoms. The molecule has 2 aromatic heterocycles. The van der Waals surface area contributed by atoms with Gasteiger partial charge in [0, 0.05) is 22.5 Å². The minimum Gasteiger partial charge on any atom is -0.477 e. The molecule has 0 aromatic carbocycles. The number of β-lactam (4-membered cyclic amide) rings is 1. The Bertz CT molecular complexity index is 1290. The van der Waals surface area contributed by atoms with Gasteiger partial charge < -0.3 is 21.9 Å². The average Bonchev–Trinajstić information content (AvgIpc) is 2.82. The van der Waals surface area contributed by atoms with Gasteiger partial charge in [-0.3, -0.25) is 14.5 Å². The Morgan fingerprint density at radius 3 is 2.49 bits per heavy atom. The Morgan fingerprint density at radius 2 is 1.84 bits per heavy atom. The SMILES string of the molecule is Nc1cc(N)nc(SC/C=C/C2=C(C(=O)O)N3C(=O)[C@@H](NC(=O)CSc4cc(Cl)nc(Cl)c4)C3SC2)n1. The fourth-order valence-electron chi connectivity index (χ4n) is 3.50. The maximum Gasteiger partial charge on any atom is 0.352 e. The molecule has 0 aliphatic carbocycles. The summed E-state index contributed by atoms with van der Waals surface area (Å²) in [7, 11) is 0. The van der Waals surface area contributed by atoms with Crippen molar-refractivity contribution in [3.05, 3.63) is 51.9 Å². The maximum atomic E-state index is 12.8. The van der Waals surface area contributed by atoms with Crippen LogP contribution in [0.2, 0.25) is 10.3 Å². The van der Waals surface area contributed by atoms with Crippen LogP contribution in [0.25, 0.3) is 0 Å². The molecule has 37 heavy (non-hydrogen) atoms. The summed E-state index contributed by atoms with van der Waals surface area (Å²) in [4.78, 5) is 51.2. The third-order valence-corrected chi connectivity index (χ3v) is 8.46. The van der Waals surface area contributed by atoms with Crippen LogP contribution in [0.3, 0.4) is 0 Å². The Hall–Kier alpha value is -2.65. The topological polar surface area (TPSA) is 177 Å². The van der Waals surface area contributed by atoms with Crippen molar-refractivity contribution in [2.24, 2.45) is 0 Å². The molecule has 2 atom stereocenters. The van der Waals surface area contributed by atoms with E-state index in [1.54, 1.807) is 24.3 Å². The van der Waals surface area contributed by atoms with Crippen LogP contribution in [0.15, 0.2) is 51.7 Å². The number of pyridine rings is 1. The smallest absolute Gasteiger partial charge is 0.352 e. The maximum absolute atomic E-state index is 12.8. The third-order valence-electron chi connectivity index (χ3n) is 5.00. The number of hydrogen-bond acceptors (Lipinski definition) is 11. The Kier molecular flexibility index (Phi) is 8.75. The number of thioether (sulfide) groups is 3. The zero-order valence-electron chi connectivity index (χ0n) is 18.8. The number of halogens is 2. The van der Waals surface area contributed by atoms with Crippen molar-refractivity contribution in [2.45, 2.75) is 21.5 Å². The first-order valence-electron chi connectivity index (χ1n) is 10.5. The molecule has 4 rings (SSSR count). The van der Waals surface area contributed by atoms with E-state index in [2.05, 4.69) is 20.3 Å². The monoisotopic (exact) mass is 599 g/mol. The van der Waals surface area contributed by atoms with Gasteiger partial charge in [-0.15, -0.1) is 23.5 Å². The Balaban J connectivity index is 1.36. The number of nitrogen functional groups attached to an aromatic ring is 2. The Morgan fingerprint density at radius 1 is 1.16 bits per heavy atom. The number of allylic oxidation sites excluding steroid dienone is 1. The van der Waals surface area contributed by atoms with E-state index in [0.717, 1.165) is 0 Å². The number of nitrogens with zero attached hydrogens (tertiary/aromatic N) is 4. The van der Waals surface area contributed by atoms with Crippen LogP contribution in [0.1, 0.15) is 0 Å². The second-order valence-corrected chi connectivity index (χ2v) is 11.5. The van der Waals surface area contributed by atoms with E-state index in [9.17, 15) is 19.5 Å². The van der Waals surface area contributed by atoms with Crippen LogP contribution in [0.4, 0.5) is 11.6 Å². The fourth-order valence-corrected chi connectivity index (χ4v) is 6.86. The molecular weight excluding hydrogens is 581 g/mol. The molecular formula is C21H19Cl2N7O4S3. The largest absolute Gasteiger partial charge is 0.477 e. The lowest BCUT2D eigenvalue weighted by molar-refractivity contribution is -0.150. The predicted molar refractivity (Wildman–Crippen MR) is 145 cm³/mol. The zero-order chi connectivity index (χ0) is 26.7. The number of nitrogens with one attached hydrogen (secondary N) is 1. The van der Waals surface area contributed by atoms with Gasteiger partial charge >= 0.3 is 5.97 Å². The van der Waals surface area contributed by atoms with Gasteiger partial charge in [-0.25, -0.2) is 19.7 Å². The molecule has 1 saturated heterocycles. The number of carbonyl (C=O) groups is 3. The number of anilines is 2. The minimum absolute atomic E-state index is 0.0214. The highest BCUT2D eigenvalue weighted by Gasteiger charge is 2.53. The van der Waals surface area contributed by atoms with Gasteiger partial charge in [-0.1, -0.05) is 47.1 Å². The predicted octanol–water partition coefficient (Wildman–Crippen LogP) is 2.52. The summed E-state index contributed by atoms with van der Waals surface area (Å²) >= 11 is 15.6. The van der Waals surface area contributed by atoms with Crippen LogP contribution in [-0.4, -0.2) is 71.4 Å². The normalized spacial score (nSPS) is 19.1. The molecule has 0 bridgehead atoms. The molecule has 194 valence electrons. The van der Waals surface area contributed by atoms with Crippen LogP contribution in [0.5, 0.6) is 0 Å². The molecule has 1 fully saturated rings. The van der Waals surface area contributed by atoms with E-state index < -0.39 is 23.3 Å². The molecule has 4 heterocycles. The van der Waals surface area contributed by atoms with Gasteiger partial charge in [0.1, 0.15) is 39.1 Å². The standard InChI is InChI=1S/C21H19Cl2N7O4S3/c22-11-4-10(5-12(23)26-11)36-8-15(31)29-16-18(32)30-17(20(33)34)9(7-37-19(16)30)2-1-3-35-21-27-13(24)6-14(25)28-21/h1-2,4-6,16,19H,3,7-8H2,(H,29,31)(H,33,34)(H4,24,25,27,28)/b2-1+/t16-,19?/m1/s1. The second kappa shape index (κ2) is 11.8. The number of carboxylic acids is 1. The van der Waals surface area contributed by atoms with Crippen molar-refractivity contribution in [2.75, 3.05) is 28.7 Å². The number of carboxylic acid groups (broad SMARTS) is 1. The van der Waals surface area contributed by atoms with E-state index in [4.69, 9.17) is 34.7 Å². The van der Waals surface area contributed by atoms with Gasteiger partial charge in [0.25, 0.3) is 5.91 Å². The van der Waals surface area contributed by atoms with Crippen molar-refractivity contribution in [1.29, 1.82) is 0 Å². The van der Waals surface area contributed by atoms with Gasteiger partial charge in [-0.2, -0.15) is 0 Å². The molecule has 2 amide bonds. The van der Waals surface area contributed by atoms with Crippen molar-refractivity contribution < 1.29 is 19.5 Å². The first kappa shape index (κ1) is 27.4. The van der Waals surface area contributed by atoms with Crippen LogP contribution in [-0.2, 0) is 14.4 Å². The number of hydrogen-bond donors (Lipinski definition) is 4. The lowest BCUT2D eigenvalue weighted by Crippen LogP contribution is -2.70. The number of amides is 2. The summed E-state index contributed by atoms with van der Waals surface area (Å²) in [6.07, 6.45) is 3.42. The number of rotatable bonds is 9. The van der Waals surface area contributed by atoms with E-state index in [1.807, 2.05) is 0 Å². The number of fused-ring (bicyclic) bond motifs is 1. The van der Waals surface area contributed by atoms with Crippen molar-refractivity contribution in [3.63, 3.8) is 0 Å². The van der Waals surface area contributed by atoms with E-state index in [1.165, 1.54) is 46.3 Å². The molecule has 6 N–H and O–H groups in total. The highest BCUT2D eigenvalue weighted by atomic mass is 35.5. The summed E-state index contributed by atoms with van der Waals surface area (Å²) in [6, 6.07) is 3.79. The van der Waals surface area contributed by atoms with Crippen molar-refractivity contribution in [3.8, 4) is 0 Å². The van der Waals surface area contributed by atoms with E-state index >= 15 is 0 Å². The van der Waals surface area contributed by atoms with Crippen LogP contribution >= 0.6 is 58.5 Å². The van der Waals surface area contributed by atoms with Gasteiger partial charge in [0.05, 0.1) is 5.75 Å². The minimum atomic E-state index is -1.22. The third kappa shape index (κ3) is 6.62. The summed E-state index contributed by atoms with van der Waals surface area (Å²) in [5.74, 6) is -0.746. The average molecular weight is 601 g/mol. The second-order valence-electron chi connectivity index (χ2n) is 7.58. The van der Waals surface area contributed by atoms with Gasteiger partial charge in [0.2, 0.25) is 5.91 Å². The lowest BCUT2D eigenvalue weighted by Gasteiger charge is -2.49. The van der Waals surface area contributed by atoms with E-state index in [-0.39, 0.29) is 39.3 Å². The Labute approximate surface area is 233 Å². The summed E-state index contributed by atoms with van der Waals surface area (Å²) in [5, 5.41) is 12.8. The summed E-state index contributed by atoms with van der Waals surface area (Å²) in [5.41, 5.74) is 11.7. The quantitative estimate of drug-likeness (QED) is 0.143. The first-order valence-corrected chi connectivity index (χ1v) is 14.3. The molecule has 2 aromatic rings. The number of nitrogens with two attached hydrogens (primary N) is 2. The van der Waals surface area contributed by atoms with Crippen LogP contribution in [0, 0.1) is 0 Å². The van der Waals surface area contributed by atoms with Gasteiger partial charge in [0.15, 0.2) is 5.16 Å². The molecule has 2 aliphatic heterocycles. The summed E-state index contributed by atoms with van der Waals surface area (Å²) < 4.78 is 0. The summed E-state index contributed by atoms with van der Waals surface area (Å²) in [6.45, 7) is 0. The molecule has 0 saturated carbocycles. The molecule has 1 unspecified atom stereocenters. The van der Waals surface area contributed by atoms with Crippen molar-refractivity contribution >= 4 is 87.9 Å². The van der Waals surface area contributed by atoms with Crippen molar-refractivity contribution in [1.82, 2.24) is 25.2 Å². The number of aliphatic carboxylic acids is 1. The lowest BCUT2D eigenvalue weighted by atomic mass is 10.0. The van der Waals surface area contributed by atoms with E-state index in [0.29, 0.717) is 27.1 Å². The molecule has 2 aliphatic rings. The molecule has 0 spiro atoms. The van der Waals surface area contributed by atoms with Gasteiger partial charge in [-0.05, 0) is 17.7 Å². The molecule has 0 radical (unpaired) electrons. The zero-order valence-corrected chi connectivity index (χ0v) is 22.7.